The Morgan fingerprint density at radius 2 is 1.66 bits per heavy atom. The zero-order chi connectivity index (χ0) is 20.5. The first-order valence-electron chi connectivity index (χ1n) is 9.70. The zero-order valence-corrected chi connectivity index (χ0v) is 16.9. The van der Waals surface area contributed by atoms with Crippen molar-refractivity contribution in [2.24, 2.45) is 0 Å². The molecule has 2 aromatic carbocycles. The zero-order valence-electron chi connectivity index (χ0n) is 16.9. The molecular weight excluding hydrogens is 368 g/mol. The molecule has 2 aliphatic heterocycles. The first kappa shape index (κ1) is 19.2. The summed E-state index contributed by atoms with van der Waals surface area (Å²) in [6.07, 6.45) is 0. The molecule has 0 atom stereocenters. The Morgan fingerprint density at radius 1 is 0.931 bits per heavy atom. The largest absolute Gasteiger partial charge is 0.496 e. The number of hydrogen-bond acceptors (Lipinski definition) is 5. The van der Waals surface area contributed by atoms with E-state index in [1.165, 1.54) is 4.90 Å². The van der Waals surface area contributed by atoms with Crippen LogP contribution in [0.3, 0.4) is 0 Å². The summed E-state index contributed by atoms with van der Waals surface area (Å²) < 4.78 is 11.0. The van der Waals surface area contributed by atoms with E-state index in [-0.39, 0.29) is 11.8 Å². The fraction of sp³-hybridized carbons (Fsp3) is 0.304. The number of rotatable bonds is 4. The average molecular weight is 392 g/mol. The summed E-state index contributed by atoms with van der Waals surface area (Å²) in [5.74, 6) is -0.0570. The standard InChI is InChI=1S/C23H24N2O4/c1-15-7-6-9-18(16(15)2)25-22(26)20(17-8-4-5-10-19(17)28-3)21(23(25)27)24-11-13-29-14-12-24/h4-10H,11-14H2,1-3H3. The number of nitrogens with zero attached hydrogens (tertiary/aromatic N) is 2. The first-order chi connectivity index (χ1) is 14.0. The fourth-order valence-corrected chi connectivity index (χ4v) is 3.89. The maximum atomic E-state index is 13.6. The molecule has 0 saturated carbocycles. The quantitative estimate of drug-likeness (QED) is 0.749. The van der Waals surface area contributed by atoms with Crippen molar-refractivity contribution in [2.45, 2.75) is 13.8 Å². The van der Waals surface area contributed by atoms with Crippen LogP contribution in [0.15, 0.2) is 48.2 Å². The van der Waals surface area contributed by atoms with Gasteiger partial charge in [-0.05, 0) is 37.1 Å². The minimum atomic E-state index is -0.324. The van der Waals surface area contributed by atoms with Gasteiger partial charge in [0.1, 0.15) is 11.4 Å². The second-order valence-corrected chi connectivity index (χ2v) is 7.19. The summed E-state index contributed by atoms with van der Waals surface area (Å²) in [5, 5.41) is 0. The maximum absolute atomic E-state index is 13.6. The molecule has 6 nitrogen and oxygen atoms in total. The van der Waals surface area contributed by atoms with Crippen molar-refractivity contribution < 1.29 is 19.1 Å². The molecule has 2 heterocycles. The number of para-hydroxylation sites is 1. The van der Waals surface area contributed by atoms with E-state index in [0.717, 1.165) is 11.1 Å². The molecule has 1 fully saturated rings. The van der Waals surface area contributed by atoms with Gasteiger partial charge in [0, 0.05) is 18.7 Å². The van der Waals surface area contributed by atoms with Gasteiger partial charge in [0.25, 0.3) is 11.8 Å². The van der Waals surface area contributed by atoms with Gasteiger partial charge in [-0.3, -0.25) is 9.59 Å². The normalized spacial score (nSPS) is 17.3. The van der Waals surface area contributed by atoms with Gasteiger partial charge in [-0.1, -0.05) is 30.3 Å². The number of hydrogen-bond donors (Lipinski definition) is 0. The van der Waals surface area contributed by atoms with Gasteiger partial charge in [0.2, 0.25) is 0 Å². The third-order valence-corrected chi connectivity index (χ3v) is 5.58. The molecule has 0 N–H and O–H groups in total. The molecule has 0 aliphatic carbocycles. The van der Waals surface area contributed by atoms with E-state index in [4.69, 9.17) is 9.47 Å². The number of methoxy groups -OCH3 is 1. The first-order valence-corrected chi connectivity index (χ1v) is 9.70. The molecule has 6 heteroatoms. The van der Waals surface area contributed by atoms with Crippen LogP contribution < -0.4 is 9.64 Å². The molecule has 29 heavy (non-hydrogen) atoms. The number of imide groups is 1. The molecule has 0 unspecified atom stereocenters. The van der Waals surface area contributed by atoms with Gasteiger partial charge in [-0.15, -0.1) is 0 Å². The van der Waals surface area contributed by atoms with E-state index < -0.39 is 0 Å². The molecule has 0 radical (unpaired) electrons. The Balaban J connectivity index is 1.89. The smallest absolute Gasteiger partial charge is 0.282 e. The van der Waals surface area contributed by atoms with Crippen molar-refractivity contribution in [2.75, 3.05) is 38.3 Å². The molecule has 2 aliphatic rings. The lowest BCUT2D eigenvalue weighted by atomic mass is 10.0. The Morgan fingerprint density at radius 3 is 2.38 bits per heavy atom. The second kappa shape index (κ2) is 7.72. The Labute approximate surface area is 170 Å². The minimum Gasteiger partial charge on any atom is -0.496 e. The topological polar surface area (TPSA) is 59.1 Å². The van der Waals surface area contributed by atoms with Crippen molar-refractivity contribution in [1.29, 1.82) is 0 Å². The number of aryl methyl sites for hydroxylation is 1. The SMILES string of the molecule is COc1ccccc1C1=C(N2CCOCC2)C(=O)N(c2cccc(C)c2C)C1=O. The predicted molar refractivity (Wildman–Crippen MR) is 111 cm³/mol. The number of carbonyl (C=O) groups is 2. The summed E-state index contributed by atoms with van der Waals surface area (Å²) in [4.78, 5) is 30.5. The van der Waals surface area contributed by atoms with Crippen molar-refractivity contribution >= 4 is 23.1 Å². The summed E-state index contributed by atoms with van der Waals surface area (Å²) in [7, 11) is 1.57. The van der Waals surface area contributed by atoms with Gasteiger partial charge in [-0.25, -0.2) is 4.90 Å². The number of anilines is 1. The summed E-state index contributed by atoms with van der Waals surface area (Å²) in [6.45, 7) is 6.07. The molecule has 1 saturated heterocycles. The van der Waals surface area contributed by atoms with E-state index in [0.29, 0.717) is 54.6 Å². The van der Waals surface area contributed by atoms with Crippen molar-refractivity contribution in [3.8, 4) is 5.75 Å². The Kier molecular flexibility index (Phi) is 5.11. The van der Waals surface area contributed by atoms with Crippen LogP contribution in [0.4, 0.5) is 5.69 Å². The summed E-state index contributed by atoms with van der Waals surface area (Å²) in [6, 6.07) is 13.0. The third kappa shape index (κ3) is 3.19. The van der Waals surface area contributed by atoms with Crippen LogP contribution >= 0.6 is 0 Å². The van der Waals surface area contributed by atoms with Crippen molar-refractivity contribution in [1.82, 2.24) is 4.90 Å². The molecule has 4 rings (SSSR count). The highest BCUT2D eigenvalue weighted by atomic mass is 16.5. The lowest BCUT2D eigenvalue weighted by Gasteiger charge is -2.30. The summed E-state index contributed by atoms with van der Waals surface area (Å²) >= 11 is 0. The van der Waals surface area contributed by atoms with E-state index in [9.17, 15) is 9.59 Å². The number of ether oxygens (including phenoxy) is 2. The van der Waals surface area contributed by atoms with Gasteiger partial charge >= 0.3 is 0 Å². The van der Waals surface area contributed by atoms with Crippen molar-refractivity contribution in [3.05, 3.63) is 64.9 Å². The second-order valence-electron chi connectivity index (χ2n) is 7.19. The van der Waals surface area contributed by atoms with Crippen LogP contribution in [0.5, 0.6) is 5.75 Å². The van der Waals surface area contributed by atoms with Crippen LogP contribution in [-0.2, 0) is 14.3 Å². The van der Waals surface area contributed by atoms with E-state index in [1.54, 1.807) is 13.2 Å². The predicted octanol–water partition coefficient (Wildman–Crippen LogP) is 2.93. The molecule has 0 bridgehead atoms. The molecule has 2 amide bonds. The van der Waals surface area contributed by atoms with Crippen LogP contribution in [-0.4, -0.2) is 50.1 Å². The maximum Gasteiger partial charge on any atom is 0.282 e. The summed E-state index contributed by atoms with van der Waals surface area (Å²) in [5.41, 5.74) is 4.00. The number of amides is 2. The minimum absolute atomic E-state index is 0.300. The molecule has 0 aromatic heterocycles. The van der Waals surface area contributed by atoms with Crippen LogP contribution in [0.25, 0.3) is 5.57 Å². The van der Waals surface area contributed by atoms with Gasteiger partial charge < -0.3 is 14.4 Å². The lowest BCUT2D eigenvalue weighted by molar-refractivity contribution is -0.121. The number of morpholine rings is 1. The third-order valence-electron chi connectivity index (χ3n) is 5.58. The number of carbonyl (C=O) groups excluding carboxylic acids is 2. The Hall–Kier alpha value is -3.12. The van der Waals surface area contributed by atoms with Crippen LogP contribution in [0.2, 0.25) is 0 Å². The molecule has 150 valence electrons. The van der Waals surface area contributed by atoms with Gasteiger partial charge in [0.05, 0.1) is 31.6 Å². The molecule has 2 aromatic rings. The van der Waals surface area contributed by atoms with Gasteiger partial charge in [0.15, 0.2) is 0 Å². The molecule has 0 spiro atoms. The van der Waals surface area contributed by atoms with Crippen molar-refractivity contribution in [3.63, 3.8) is 0 Å². The lowest BCUT2D eigenvalue weighted by Crippen LogP contribution is -2.40. The molecular formula is C23H24N2O4. The monoisotopic (exact) mass is 392 g/mol. The number of benzene rings is 2. The van der Waals surface area contributed by atoms with Gasteiger partial charge in [-0.2, -0.15) is 0 Å². The van der Waals surface area contributed by atoms with E-state index in [2.05, 4.69) is 0 Å². The highest BCUT2D eigenvalue weighted by Crippen LogP contribution is 2.39. The Bertz CT molecular complexity index is 1010. The van der Waals surface area contributed by atoms with Crippen LogP contribution in [0.1, 0.15) is 16.7 Å². The fourth-order valence-electron chi connectivity index (χ4n) is 3.89. The average Bonchev–Trinajstić information content (AvgIpc) is 3.00. The highest BCUT2D eigenvalue weighted by Gasteiger charge is 2.44. The van der Waals surface area contributed by atoms with E-state index >= 15 is 0 Å². The van der Waals surface area contributed by atoms with Crippen LogP contribution in [0, 0.1) is 13.8 Å². The highest BCUT2D eigenvalue weighted by molar-refractivity contribution is 6.45. The van der Waals surface area contributed by atoms with E-state index in [1.807, 2.05) is 55.1 Å².